The zero-order valence-corrected chi connectivity index (χ0v) is 11.0. The number of hydrogen-bond donors (Lipinski definition) is 0. The lowest BCUT2D eigenvalue weighted by molar-refractivity contribution is 0.101. The van der Waals surface area contributed by atoms with Gasteiger partial charge in [0.1, 0.15) is 5.75 Å². The zero-order valence-electron chi connectivity index (χ0n) is 8.89. The van der Waals surface area contributed by atoms with Crippen LogP contribution >= 0.6 is 22.6 Å². The van der Waals surface area contributed by atoms with Crippen molar-refractivity contribution in [2.24, 2.45) is 0 Å². The topological polar surface area (TPSA) is 26.3 Å². The first-order valence-electron chi connectivity index (χ1n) is 4.72. The molecule has 0 unspecified atom stereocenters. The first-order valence-corrected chi connectivity index (χ1v) is 5.80. The molecule has 0 heterocycles. The number of rotatable bonds is 4. The summed E-state index contributed by atoms with van der Waals surface area (Å²) in [5.74, 6) is -0.0639. The molecule has 0 atom stereocenters. The van der Waals surface area contributed by atoms with Crippen LogP contribution in [0.25, 0.3) is 0 Å². The standard InChI is InChI=1S/C11H11F2IO2/c1-3-16-10-8(11(12)13)4-7(6(2)15)5-9(10)14/h4-5,11H,3H2,1-2H3. The van der Waals surface area contributed by atoms with E-state index < -0.39 is 6.43 Å². The normalized spacial score (nSPS) is 10.6. The third kappa shape index (κ3) is 2.90. The fourth-order valence-electron chi connectivity index (χ4n) is 1.28. The van der Waals surface area contributed by atoms with Crippen LogP contribution in [-0.2, 0) is 0 Å². The van der Waals surface area contributed by atoms with Gasteiger partial charge in [0, 0.05) is 5.56 Å². The minimum absolute atomic E-state index is 0.170. The molecule has 16 heavy (non-hydrogen) atoms. The van der Waals surface area contributed by atoms with E-state index in [1.165, 1.54) is 13.0 Å². The fraction of sp³-hybridized carbons (Fsp3) is 0.364. The number of halogens is 3. The van der Waals surface area contributed by atoms with E-state index in [9.17, 15) is 13.6 Å². The highest BCUT2D eigenvalue weighted by Gasteiger charge is 2.19. The van der Waals surface area contributed by atoms with Crippen LogP contribution in [0.15, 0.2) is 12.1 Å². The summed E-state index contributed by atoms with van der Waals surface area (Å²) in [6, 6.07) is 2.75. The van der Waals surface area contributed by atoms with Gasteiger partial charge < -0.3 is 4.74 Å². The van der Waals surface area contributed by atoms with Crippen molar-refractivity contribution in [3.05, 3.63) is 26.8 Å². The molecule has 0 amide bonds. The van der Waals surface area contributed by atoms with Crippen molar-refractivity contribution in [1.29, 1.82) is 0 Å². The molecular weight excluding hydrogens is 329 g/mol. The van der Waals surface area contributed by atoms with Gasteiger partial charge in [0.2, 0.25) is 0 Å². The molecule has 0 saturated carbocycles. The molecule has 0 bridgehead atoms. The third-order valence-corrected chi connectivity index (χ3v) is 2.80. The molecule has 0 fully saturated rings. The first-order chi connectivity index (χ1) is 7.47. The summed E-state index contributed by atoms with van der Waals surface area (Å²) < 4.78 is 31.3. The van der Waals surface area contributed by atoms with Crippen molar-refractivity contribution >= 4 is 28.4 Å². The van der Waals surface area contributed by atoms with Gasteiger partial charge in [-0.1, -0.05) is 0 Å². The monoisotopic (exact) mass is 340 g/mol. The van der Waals surface area contributed by atoms with Crippen molar-refractivity contribution in [3.63, 3.8) is 0 Å². The second-order valence-corrected chi connectivity index (χ2v) is 4.33. The predicted molar refractivity (Wildman–Crippen MR) is 65.3 cm³/mol. The maximum Gasteiger partial charge on any atom is 0.267 e. The predicted octanol–water partition coefficient (Wildman–Crippen LogP) is 3.83. The fourth-order valence-corrected chi connectivity index (χ4v) is 2.08. The average Bonchev–Trinajstić information content (AvgIpc) is 2.20. The molecule has 0 aromatic heterocycles. The Labute approximate surface area is 106 Å². The maximum atomic E-state index is 12.8. The molecule has 0 N–H and O–H groups in total. The van der Waals surface area contributed by atoms with E-state index in [2.05, 4.69) is 0 Å². The molecule has 88 valence electrons. The molecule has 0 aliphatic rings. The van der Waals surface area contributed by atoms with Gasteiger partial charge in [0.15, 0.2) is 5.78 Å². The Balaban J connectivity index is 3.33. The minimum atomic E-state index is -2.64. The Morgan fingerprint density at radius 2 is 2.12 bits per heavy atom. The zero-order chi connectivity index (χ0) is 12.3. The quantitative estimate of drug-likeness (QED) is 0.615. The van der Waals surface area contributed by atoms with Gasteiger partial charge in [-0.05, 0) is 48.6 Å². The van der Waals surface area contributed by atoms with Crippen LogP contribution in [0.2, 0.25) is 0 Å². The number of ketones is 1. The number of alkyl halides is 2. The van der Waals surface area contributed by atoms with Crippen LogP contribution in [0.5, 0.6) is 5.75 Å². The molecule has 1 aromatic rings. The van der Waals surface area contributed by atoms with Crippen molar-refractivity contribution in [1.82, 2.24) is 0 Å². The van der Waals surface area contributed by atoms with Gasteiger partial charge in [-0.3, -0.25) is 4.79 Å². The SMILES string of the molecule is CCOc1c(I)cc(C(C)=O)cc1C(F)F. The Morgan fingerprint density at radius 1 is 1.50 bits per heavy atom. The van der Waals surface area contributed by atoms with E-state index in [0.29, 0.717) is 10.2 Å². The second-order valence-electron chi connectivity index (χ2n) is 3.17. The summed E-state index contributed by atoms with van der Waals surface area (Å²) >= 11 is 1.89. The van der Waals surface area contributed by atoms with Crippen LogP contribution in [-0.4, -0.2) is 12.4 Å². The summed E-state index contributed by atoms with van der Waals surface area (Å²) in [5.41, 5.74) is 0.0575. The highest BCUT2D eigenvalue weighted by Crippen LogP contribution is 2.34. The van der Waals surface area contributed by atoms with E-state index >= 15 is 0 Å². The number of carbonyl (C=O) groups excluding carboxylic acids is 1. The van der Waals surface area contributed by atoms with Crippen molar-refractivity contribution in [3.8, 4) is 5.75 Å². The number of Topliss-reactive ketones (excluding diaryl/α,β-unsaturated/α-hetero) is 1. The summed E-state index contributed by atoms with van der Waals surface area (Å²) in [7, 11) is 0. The van der Waals surface area contributed by atoms with E-state index in [4.69, 9.17) is 4.74 Å². The third-order valence-electron chi connectivity index (χ3n) is 2.00. The van der Waals surface area contributed by atoms with Crippen LogP contribution in [0.4, 0.5) is 8.78 Å². The van der Waals surface area contributed by atoms with Crippen LogP contribution < -0.4 is 4.74 Å². The van der Waals surface area contributed by atoms with Crippen LogP contribution in [0.3, 0.4) is 0 Å². The van der Waals surface area contributed by atoms with Crippen molar-refractivity contribution in [2.75, 3.05) is 6.61 Å². The van der Waals surface area contributed by atoms with Gasteiger partial charge in [0.25, 0.3) is 6.43 Å². The molecule has 0 aliphatic heterocycles. The summed E-state index contributed by atoms with van der Waals surface area (Å²) in [6.07, 6.45) is -2.64. The Hall–Kier alpha value is -0.720. The molecule has 0 aliphatic carbocycles. The minimum Gasteiger partial charge on any atom is -0.492 e. The van der Waals surface area contributed by atoms with Gasteiger partial charge in [-0.15, -0.1) is 0 Å². The molecule has 2 nitrogen and oxygen atoms in total. The lowest BCUT2D eigenvalue weighted by atomic mass is 10.1. The van der Waals surface area contributed by atoms with Crippen molar-refractivity contribution < 1.29 is 18.3 Å². The molecule has 0 saturated heterocycles. The Bertz CT molecular complexity index is 405. The molecular formula is C11H11F2IO2. The number of carbonyl (C=O) groups is 1. The smallest absolute Gasteiger partial charge is 0.267 e. The van der Waals surface area contributed by atoms with Gasteiger partial charge in [-0.2, -0.15) is 0 Å². The van der Waals surface area contributed by atoms with Crippen LogP contribution in [0.1, 0.15) is 36.2 Å². The average molecular weight is 340 g/mol. The van der Waals surface area contributed by atoms with Gasteiger partial charge in [0.05, 0.1) is 15.7 Å². The van der Waals surface area contributed by atoms with E-state index in [1.54, 1.807) is 13.0 Å². The van der Waals surface area contributed by atoms with E-state index in [1.807, 2.05) is 22.6 Å². The summed E-state index contributed by atoms with van der Waals surface area (Å²) in [6.45, 7) is 3.39. The highest BCUT2D eigenvalue weighted by atomic mass is 127. The number of hydrogen-bond acceptors (Lipinski definition) is 2. The highest BCUT2D eigenvalue weighted by molar-refractivity contribution is 14.1. The summed E-state index contributed by atoms with van der Waals surface area (Å²) in [4.78, 5) is 11.2. The lowest BCUT2D eigenvalue weighted by Crippen LogP contribution is -2.03. The van der Waals surface area contributed by atoms with E-state index in [0.717, 1.165) is 0 Å². The molecule has 0 spiro atoms. The van der Waals surface area contributed by atoms with Gasteiger partial charge in [-0.25, -0.2) is 8.78 Å². The molecule has 1 rings (SSSR count). The first kappa shape index (κ1) is 13.3. The summed E-state index contributed by atoms with van der Waals surface area (Å²) in [5, 5.41) is 0. The van der Waals surface area contributed by atoms with Crippen molar-refractivity contribution in [2.45, 2.75) is 20.3 Å². The van der Waals surface area contributed by atoms with Crippen LogP contribution in [0, 0.1) is 3.57 Å². The van der Waals surface area contributed by atoms with Gasteiger partial charge >= 0.3 is 0 Å². The Kier molecular flexibility index (Phi) is 4.64. The van der Waals surface area contributed by atoms with E-state index in [-0.39, 0.29) is 22.7 Å². The number of ether oxygens (including phenoxy) is 1. The molecule has 1 aromatic carbocycles. The Morgan fingerprint density at radius 3 is 2.56 bits per heavy atom. The lowest BCUT2D eigenvalue weighted by Gasteiger charge is -2.13. The molecule has 5 heteroatoms. The largest absolute Gasteiger partial charge is 0.492 e. The second kappa shape index (κ2) is 5.56. The molecule has 0 radical (unpaired) electrons. The number of benzene rings is 1. The maximum absolute atomic E-state index is 12.8.